The number of rotatable bonds is 11. The first-order valence-corrected chi connectivity index (χ1v) is 16.0. The molecule has 2 aromatic rings. The first-order chi connectivity index (χ1) is 20.9. The Kier molecular flexibility index (Phi) is 22.7. The van der Waals surface area contributed by atoms with Gasteiger partial charge in [0.05, 0.1) is 6.04 Å². The molecule has 0 saturated heterocycles. The summed E-state index contributed by atoms with van der Waals surface area (Å²) in [4.78, 5) is 14.1. The molecule has 45 heavy (non-hydrogen) atoms. The van der Waals surface area contributed by atoms with Crippen LogP contribution in [0, 0.1) is 0 Å². The third kappa shape index (κ3) is 20.5. The molecule has 6 heteroatoms. The van der Waals surface area contributed by atoms with Gasteiger partial charge in [-0.05, 0) is 74.9 Å². The minimum Gasteiger partial charge on any atom is -0.406 e. The zero-order valence-electron chi connectivity index (χ0n) is 29.9. The molecular weight excluding hydrogens is 571 g/mol. The van der Waals surface area contributed by atoms with E-state index in [0.717, 1.165) is 36.8 Å². The number of benzene rings is 2. The molecule has 0 aromatic heterocycles. The Morgan fingerprint density at radius 3 is 1.76 bits per heavy atom. The van der Waals surface area contributed by atoms with E-state index in [1.807, 2.05) is 19.9 Å². The number of carbonyl (C=O) groups is 1. The largest absolute Gasteiger partial charge is 0.573 e. The standard InChI is InChI=1S/C19H31NO.C10H11F3O.C7H10.C3H8/c1-8-9-18(15(3)21)20(7)14(2)16-10-12-17(13-11-16)19(4,5)6;1-2-3-8-4-6-9(7-5-8)14-10(11,12)13;1-4-6-7(3)5-2;1-3-2/h10-14,18H,8-9H2,1-7H3;4-7H,2-3H2,1H3;4-6H,1-2H2,3H3;3H2,1-2H3/b;;7-6-;/t14-,18+;;;/m1.../s1. The lowest BCUT2D eigenvalue weighted by Crippen LogP contribution is -2.38. The maximum absolute atomic E-state index is 11.9. The lowest BCUT2D eigenvalue weighted by atomic mass is 9.86. The summed E-state index contributed by atoms with van der Waals surface area (Å²) in [5.74, 6) is 0.0925. The van der Waals surface area contributed by atoms with Crippen LogP contribution in [-0.2, 0) is 16.6 Å². The van der Waals surface area contributed by atoms with Crippen LogP contribution in [0.4, 0.5) is 13.2 Å². The Labute approximate surface area is 273 Å². The Morgan fingerprint density at radius 1 is 0.911 bits per heavy atom. The summed E-state index contributed by atoms with van der Waals surface area (Å²) in [5, 5.41) is 0. The molecule has 2 rings (SSSR count). The number of hydrogen-bond acceptors (Lipinski definition) is 3. The first-order valence-electron chi connectivity index (χ1n) is 16.0. The number of ketones is 1. The van der Waals surface area contributed by atoms with Crippen molar-refractivity contribution in [3.63, 3.8) is 0 Å². The quantitative estimate of drug-likeness (QED) is 0.231. The van der Waals surface area contributed by atoms with Gasteiger partial charge >= 0.3 is 6.36 Å². The number of halogens is 3. The molecule has 0 saturated carbocycles. The zero-order chi connectivity index (χ0) is 35.2. The molecule has 0 amide bonds. The van der Waals surface area contributed by atoms with Gasteiger partial charge < -0.3 is 4.74 Å². The van der Waals surface area contributed by atoms with Gasteiger partial charge in [-0.2, -0.15) is 0 Å². The van der Waals surface area contributed by atoms with Crippen molar-refractivity contribution in [2.75, 3.05) is 7.05 Å². The number of aryl methyl sites for hydroxylation is 1. The van der Waals surface area contributed by atoms with Crippen LogP contribution in [-0.4, -0.2) is 30.1 Å². The molecule has 0 aliphatic heterocycles. The minimum absolute atomic E-state index is 0.0206. The van der Waals surface area contributed by atoms with Crippen molar-refractivity contribution >= 4 is 5.78 Å². The maximum Gasteiger partial charge on any atom is 0.573 e. The topological polar surface area (TPSA) is 29.5 Å². The van der Waals surface area contributed by atoms with Gasteiger partial charge in [0.25, 0.3) is 0 Å². The van der Waals surface area contributed by atoms with Gasteiger partial charge in [0.15, 0.2) is 0 Å². The molecule has 0 bridgehead atoms. The van der Waals surface area contributed by atoms with Crippen LogP contribution < -0.4 is 4.74 Å². The Balaban J connectivity index is 0. The fraction of sp³-hybridized carbons (Fsp3) is 0.513. The highest BCUT2D eigenvalue weighted by Gasteiger charge is 2.31. The average Bonchev–Trinajstić information content (AvgIpc) is 2.96. The third-order valence-corrected chi connectivity index (χ3v) is 6.79. The number of nitrogens with zero attached hydrogens (tertiary/aromatic N) is 1. The van der Waals surface area contributed by atoms with E-state index in [-0.39, 0.29) is 29.0 Å². The normalized spacial score (nSPS) is 12.6. The van der Waals surface area contributed by atoms with Gasteiger partial charge in [-0.1, -0.05) is 141 Å². The van der Waals surface area contributed by atoms with Crippen molar-refractivity contribution in [2.45, 2.75) is 125 Å². The number of hydrogen-bond donors (Lipinski definition) is 0. The predicted octanol–water partition coefficient (Wildman–Crippen LogP) is 12.0. The summed E-state index contributed by atoms with van der Waals surface area (Å²) in [6, 6.07) is 15.0. The highest BCUT2D eigenvalue weighted by Crippen LogP contribution is 2.27. The molecule has 0 aliphatic rings. The number of likely N-dealkylation sites (N-methyl/N-ethyl adjacent to an activating group) is 1. The lowest BCUT2D eigenvalue weighted by molar-refractivity contribution is -0.274. The molecule has 0 unspecified atom stereocenters. The molecule has 0 aliphatic carbocycles. The van der Waals surface area contributed by atoms with Gasteiger partial charge in [-0.3, -0.25) is 9.69 Å². The van der Waals surface area contributed by atoms with Gasteiger partial charge in [0.2, 0.25) is 0 Å². The van der Waals surface area contributed by atoms with Crippen molar-refractivity contribution < 1.29 is 22.7 Å². The van der Waals surface area contributed by atoms with Crippen LogP contribution in [0.5, 0.6) is 5.75 Å². The van der Waals surface area contributed by atoms with Crippen LogP contribution >= 0.6 is 0 Å². The van der Waals surface area contributed by atoms with E-state index in [1.165, 1.54) is 29.7 Å². The highest BCUT2D eigenvalue weighted by atomic mass is 19.4. The van der Waals surface area contributed by atoms with Crippen LogP contribution in [0.2, 0.25) is 0 Å². The molecule has 0 radical (unpaired) electrons. The molecule has 0 heterocycles. The number of Topliss-reactive ketones (excluding diaryl/α,β-unsaturated/α-hetero) is 1. The average molecular weight is 632 g/mol. The van der Waals surface area contributed by atoms with E-state index in [1.54, 1.807) is 31.2 Å². The predicted molar refractivity (Wildman–Crippen MR) is 188 cm³/mol. The summed E-state index contributed by atoms with van der Waals surface area (Å²) in [5.41, 5.74) is 4.96. The number of allylic oxidation sites excluding steroid dienone is 4. The van der Waals surface area contributed by atoms with Crippen molar-refractivity contribution in [2.24, 2.45) is 0 Å². The van der Waals surface area contributed by atoms with Crippen molar-refractivity contribution in [1.82, 2.24) is 4.90 Å². The molecule has 2 aromatic carbocycles. The smallest absolute Gasteiger partial charge is 0.406 e. The van der Waals surface area contributed by atoms with E-state index < -0.39 is 6.36 Å². The van der Waals surface area contributed by atoms with Crippen LogP contribution in [0.25, 0.3) is 0 Å². The summed E-state index contributed by atoms with van der Waals surface area (Å²) in [6.07, 6.45) is 5.89. The maximum atomic E-state index is 11.9. The summed E-state index contributed by atoms with van der Waals surface area (Å²) in [7, 11) is 2.06. The number of alkyl halides is 3. The van der Waals surface area contributed by atoms with Gasteiger partial charge in [-0.15, -0.1) is 13.2 Å². The second-order valence-electron chi connectivity index (χ2n) is 12.1. The summed E-state index contributed by atoms with van der Waals surface area (Å²) in [6.45, 7) is 28.0. The SMILES string of the molecule is C=C/C=C(/C)C=C.CCC.CCC[C@@H](C(C)=O)N(C)[C@H](C)c1ccc(C(C)(C)C)cc1.CCCc1ccc(OC(F)(F)F)cc1. The fourth-order valence-corrected chi connectivity index (χ4v) is 4.13. The summed E-state index contributed by atoms with van der Waals surface area (Å²) < 4.78 is 39.0. The number of carbonyl (C=O) groups excluding carboxylic acids is 1. The second kappa shape index (κ2) is 23.3. The zero-order valence-corrected chi connectivity index (χ0v) is 29.9. The molecule has 254 valence electrons. The van der Waals surface area contributed by atoms with Crippen molar-refractivity contribution in [3.8, 4) is 5.75 Å². The van der Waals surface area contributed by atoms with E-state index in [4.69, 9.17) is 0 Å². The highest BCUT2D eigenvalue weighted by molar-refractivity contribution is 5.81. The van der Waals surface area contributed by atoms with E-state index in [2.05, 4.69) is 103 Å². The van der Waals surface area contributed by atoms with Crippen LogP contribution in [0.3, 0.4) is 0 Å². The third-order valence-electron chi connectivity index (χ3n) is 6.79. The van der Waals surface area contributed by atoms with E-state index in [0.29, 0.717) is 0 Å². The van der Waals surface area contributed by atoms with E-state index >= 15 is 0 Å². The Morgan fingerprint density at radius 2 is 1.42 bits per heavy atom. The van der Waals surface area contributed by atoms with Gasteiger partial charge in [0, 0.05) is 6.04 Å². The van der Waals surface area contributed by atoms with Gasteiger partial charge in [-0.25, -0.2) is 0 Å². The molecule has 0 N–H and O–H groups in total. The molecule has 3 nitrogen and oxygen atoms in total. The van der Waals surface area contributed by atoms with Gasteiger partial charge in [0.1, 0.15) is 11.5 Å². The number of ether oxygens (including phenoxy) is 1. The van der Waals surface area contributed by atoms with E-state index in [9.17, 15) is 18.0 Å². The van der Waals surface area contributed by atoms with Crippen LogP contribution in [0.15, 0.2) is 85.5 Å². The molecular formula is C39H60F3NO2. The fourth-order valence-electron chi connectivity index (χ4n) is 4.13. The van der Waals surface area contributed by atoms with Crippen molar-refractivity contribution in [1.29, 1.82) is 0 Å². The van der Waals surface area contributed by atoms with Crippen LogP contribution in [0.1, 0.15) is 118 Å². The van der Waals surface area contributed by atoms with Crippen molar-refractivity contribution in [3.05, 3.63) is 102 Å². The molecule has 0 spiro atoms. The molecule has 0 fully saturated rings. The summed E-state index contributed by atoms with van der Waals surface area (Å²) >= 11 is 0. The Bertz CT molecular complexity index is 1110. The lowest BCUT2D eigenvalue weighted by Gasteiger charge is -2.32. The minimum atomic E-state index is -4.60. The first kappa shape index (κ1) is 44.0. The molecule has 2 atom stereocenters. The second-order valence-corrected chi connectivity index (χ2v) is 12.1. The monoisotopic (exact) mass is 631 g/mol. The Hall–Kier alpha value is -3.12.